The molecule has 0 aliphatic heterocycles. The van der Waals surface area contributed by atoms with Crippen LogP contribution in [-0.2, 0) is 0 Å². The third-order valence-corrected chi connectivity index (χ3v) is 5.77. The number of phenolic OH excluding ortho intramolecular Hbond substituents is 4. The molecule has 0 spiro atoms. The van der Waals surface area contributed by atoms with Gasteiger partial charge in [-0.2, -0.15) is 0 Å². The number of phenols is 4. The van der Waals surface area contributed by atoms with Gasteiger partial charge < -0.3 is 34.3 Å². The molecule has 5 rings (SSSR count). The zero-order valence-electron chi connectivity index (χ0n) is 21.2. The van der Waals surface area contributed by atoms with E-state index in [9.17, 15) is 20.1 Å². The number of rotatable bonds is 5. The summed E-state index contributed by atoms with van der Waals surface area (Å²) >= 11 is 0. The molecule has 0 fully saturated rings. The lowest BCUT2D eigenvalue weighted by molar-refractivity contribution is 0.370. The molecular formula is C31H26O8. The van der Waals surface area contributed by atoms with Crippen LogP contribution in [0.15, 0.2) is 94.3 Å². The van der Waals surface area contributed by atoms with Crippen LogP contribution in [0.2, 0.25) is 0 Å². The van der Waals surface area contributed by atoms with Crippen LogP contribution in [0.25, 0.3) is 34.2 Å². The molecule has 0 bridgehead atoms. The summed E-state index contributed by atoms with van der Waals surface area (Å²) in [5.41, 5.74) is 2.82. The van der Waals surface area contributed by atoms with E-state index in [1.165, 1.54) is 31.6 Å². The molecule has 0 unspecified atom stereocenters. The summed E-state index contributed by atoms with van der Waals surface area (Å²) in [7, 11) is 2.99. The minimum atomic E-state index is -0.190. The predicted octanol–water partition coefficient (Wildman–Crippen LogP) is 6.16. The molecule has 0 atom stereocenters. The van der Waals surface area contributed by atoms with Crippen LogP contribution in [0.3, 0.4) is 0 Å². The smallest absolute Gasteiger partial charge is 0.204 e. The molecule has 0 amide bonds. The van der Waals surface area contributed by atoms with Crippen LogP contribution < -0.4 is 14.9 Å². The minimum absolute atomic E-state index is 0.0235. The highest BCUT2D eigenvalue weighted by Gasteiger charge is 2.15. The molecule has 5 aromatic rings. The Bertz CT molecular complexity index is 1650. The van der Waals surface area contributed by atoms with Crippen LogP contribution in [0.5, 0.6) is 34.5 Å². The fourth-order valence-corrected chi connectivity index (χ4v) is 3.82. The van der Waals surface area contributed by atoms with E-state index in [1.54, 1.807) is 73.8 Å². The van der Waals surface area contributed by atoms with E-state index in [-0.39, 0.29) is 39.8 Å². The quantitative estimate of drug-likeness (QED) is 0.201. The Morgan fingerprint density at radius 3 is 1.95 bits per heavy atom. The van der Waals surface area contributed by atoms with Crippen molar-refractivity contribution in [3.8, 4) is 45.6 Å². The Balaban J connectivity index is 0.000000187. The zero-order chi connectivity index (χ0) is 27.9. The number of methoxy groups -OCH3 is 2. The lowest BCUT2D eigenvalue weighted by atomic mass is 10.1. The number of aromatic hydroxyl groups is 4. The number of ether oxygens (including phenoxy) is 2. The maximum atomic E-state index is 12.6. The molecule has 0 saturated heterocycles. The number of hydrogen-bond acceptors (Lipinski definition) is 8. The van der Waals surface area contributed by atoms with E-state index in [0.29, 0.717) is 22.3 Å². The molecule has 0 saturated carbocycles. The molecule has 0 radical (unpaired) electrons. The Labute approximate surface area is 223 Å². The molecule has 0 aliphatic rings. The van der Waals surface area contributed by atoms with Gasteiger partial charge in [0.05, 0.1) is 25.2 Å². The summed E-state index contributed by atoms with van der Waals surface area (Å²) in [6.45, 7) is 0. The van der Waals surface area contributed by atoms with Crippen LogP contribution in [-0.4, -0.2) is 34.6 Å². The molecule has 4 N–H and O–H groups in total. The van der Waals surface area contributed by atoms with Gasteiger partial charge in [-0.3, -0.25) is 4.79 Å². The van der Waals surface area contributed by atoms with Crippen molar-refractivity contribution >= 4 is 23.1 Å². The van der Waals surface area contributed by atoms with E-state index in [4.69, 9.17) is 19.0 Å². The Morgan fingerprint density at radius 1 is 0.692 bits per heavy atom. The second kappa shape index (κ2) is 11.8. The van der Waals surface area contributed by atoms with Gasteiger partial charge in [0.15, 0.2) is 11.3 Å². The molecule has 0 aliphatic carbocycles. The maximum absolute atomic E-state index is 12.6. The largest absolute Gasteiger partial charge is 0.508 e. The van der Waals surface area contributed by atoms with Gasteiger partial charge in [0.1, 0.15) is 29.3 Å². The van der Waals surface area contributed by atoms with Gasteiger partial charge in [-0.05, 0) is 65.2 Å². The average Bonchev–Trinajstić information content (AvgIpc) is 2.93. The summed E-state index contributed by atoms with van der Waals surface area (Å²) in [6.07, 6.45) is 4.97. The number of fused-ring (bicyclic) bond motifs is 1. The molecule has 39 heavy (non-hydrogen) atoms. The van der Waals surface area contributed by atoms with Crippen molar-refractivity contribution in [2.75, 3.05) is 14.2 Å². The monoisotopic (exact) mass is 526 g/mol. The number of benzene rings is 4. The summed E-state index contributed by atoms with van der Waals surface area (Å²) in [5, 5.41) is 37.8. The fraction of sp³-hybridized carbons (Fsp3) is 0.0645. The zero-order valence-corrected chi connectivity index (χ0v) is 21.2. The summed E-state index contributed by atoms with van der Waals surface area (Å²) < 4.78 is 15.7. The lowest BCUT2D eigenvalue weighted by Crippen LogP contribution is -2.05. The molecule has 4 aromatic carbocycles. The first-order valence-electron chi connectivity index (χ1n) is 11.7. The number of hydrogen-bond donors (Lipinski definition) is 4. The van der Waals surface area contributed by atoms with Crippen molar-refractivity contribution in [2.45, 2.75) is 0 Å². The molecule has 8 heteroatoms. The Hall–Kier alpha value is -5.37. The van der Waals surface area contributed by atoms with Crippen molar-refractivity contribution < 1.29 is 34.3 Å². The van der Waals surface area contributed by atoms with Crippen molar-refractivity contribution in [2.24, 2.45) is 0 Å². The van der Waals surface area contributed by atoms with E-state index in [2.05, 4.69) is 0 Å². The third kappa shape index (κ3) is 6.31. The van der Waals surface area contributed by atoms with Gasteiger partial charge in [0.2, 0.25) is 11.2 Å². The summed E-state index contributed by atoms with van der Waals surface area (Å²) in [5.74, 6) is 1.05. The topological polar surface area (TPSA) is 130 Å². The van der Waals surface area contributed by atoms with Crippen molar-refractivity contribution in [3.63, 3.8) is 0 Å². The van der Waals surface area contributed by atoms with Crippen LogP contribution in [0, 0.1) is 0 Å². The Kier molecular flexibility index (Phi) is 8.06. The third-order valence-electron chi connectivity index (χ3n) is 5.77. The first-order chi connectivity index (χ1) is 18.8. The first-order valence-corrected chi connectivity index (χ1v) is 11.7. The van der Waals surface area contributed by atoms with Crippen LogP contribution in [0.4, 0.5) is 0 Å². The predicted molar refractivity (Wildman–Crippen MR) is 149 cm³/mol. The summed E-state index contributed by atoms with van der Waals surface area (Å²) in [4.78, 5) is 12.6. The highest BCUT2D eigenvalue weighted by Crippen LogP contribution is 2.34. The minimum Gasteiger partial charge on any atom is -0.508 e. The van der Waals surface area contributed by atoms with Gasteiger partial charge in [-0.25, -0.2) is 0 Å². The first kappa shape index (κ1) is 26.7. The van der Waals surface area contributed by atoms with E-state index in [1.807, 2.05) is 6.08 Å². The molecule has 8 nitrogen and oxygen atoms in total. The van der Waals surface area contributed by atoms with E-state index < -0.39 is 0 Å². The second-order valence-corrected chi connectivity index (χ2v) is 8.41. The highest BCUT2D eigenvalue weighted by atomic mass is 16.5. The Morgan fingerprint density at radius 2 is 1.33 bits per heavy atom. The standard InChI is InChI=1S/C17H14O5.C14H12O3/c1-20-11-5-3-10(4-6-11)13-9-22-16-12(15(13)19)7-8-14(18)17(16)21-2;15-12-5-3-10(4-6-12)1-2-11-7-13(16)9-14(17)8-11/h3-9,18H,1-2H3;1-9,15-17H. The average molecular weight is 527 g/mol. The van der Waals surface area contributed by atoms with Gasteiger partial charge in [-0.1, -0.05) is 36.4 Å². The van der Waals surface area contributed by atoms with Crippen LogP contribution in [0.1, 0.15) is 11.1 Å². The lowest BCUT2D eigenvalue weighted by Gasteiger charge is -2.08. The highest BCUT2D eigenvalue weighted by molar-refractivity contribution is 5.88. The summed E-state index contributed by atoms with van der Waals surface area (Å²) in [6, 6.07) is 21.2. The molecule has 1 aromatic heterocycles. The van der Waals surface area contributed by atoms with Crippen LogP contribution >= 0.6 is 0 Å². The van der Waals surface area contributed by atoms with Gasteiger partial charge in [-0.15, -0.1) is 0 Å². The fourth-order valence-electron chi connectivity index (χ4n) is 3.82. The van der Waals surface area contributed by atoms with Crippen molar-refractivity contribution in [1.82, 2.24) is 0 Å². The van der Waals surface area contributed by atoms with Crippen molar-refractivity contribution in [1.29, 1.82) is 0 Å². The van der Waals surface area contributed by atoms with Gasteiger partial charge in [0, 0.05) is 6.07 Å². The normalized spacial score (nSPS) is 10.7. The molecule has 1 heterocycles. The molecule has 198 valence electrons. The van der Waals surface area contributed by atoms with Crippen molar-refractivity contribution in [3.05, 3.63) is 106 Å². The second-order valence-electron chi connectivity index (χ2n) is 8.41. The van der Waals surface area contributed by atoms with Gasteiger partial charge >= 0.3 is 0 Å². The van der Waals surface area contributed by atoms with E-state index in [0.717, 1.165) is 11.1 Å². The van der Waals surface area contributed by atoms with Gasteiger partial charge in [0.25, 0.3) is 0 Å². The SMILES string of the molecule is COc1ccc(-c2coc3c(OC)c(O)ccc3c2=O)cc1.Oc1ccc(C=Cc2cc(O)cc(O)c2)cc1. The molecular weight excluding hydrogens is 500 g/mol. The van der Waals surface area contributed by atoms with E-state index >= 15 is 0 Å². The maximum Gasteiger partial charge on any atom is 0.204 e.